The number of esters is 1. The maximum atomic E-state index is 13.6. The zero-order valence-corrected chi connectivity index (χ0v) is 21.3. The predicted octanol–water partition coefficient (Wildman–Crippen LogP) is 2.24. The van der Waals surface area contributed by atoms with Gasteiger partial charge in [0.15, 0.2) is 0 Å². The van der Waals surface area contributed by atoms with Gasteiger partial charge >= 0.3 is 19.4 Å². The molecule has 0 aliphatic carbocycles. The van der Waals surface area contributed by atoms with Gasteiger partial charge in [0.25, 0.3) is 0 Å². The van der Waals surface area contributed by atoms with Crippen LogP contribution in [0.4, 0.5) is 5.82 Å². The number of aromatic nitrogens is 2. The summed E-state index contributed by atoms with van der Waals surface area (Å²) in [6, 6.07) is 8.65. The molecule has 0 spiro atoms. The Kier molecular flexibility index (Phi) is 10.4. The minimum Gasteiger partial charge on any atom is -0.462 e. The monoisotopic (exact) mass is 512 g/mol. The first-order chi connectivity index (χ1) is 16.4. The first-order valence-electron chi connectivity index (χ1n) is 11.1. The summed E-state index contributed by atoms with van der Waals surface area (Å²) < 4.78 is 36.8. The number of carbonyl (C=O) groups is 1. The van der Waals surface area contributed by atoms with E-state index in [1.807, 2.05) is 0 Å². The Labute approximate surface area is 203 Å². The Morgan fingerprint density at radius 1 is 1.17 bits per heavy atom. The van der Waals surface area contributed by atoms with Crippen LogP contribution in [0.15, 0.2) is 47.4 Å². The smallest absolute Gasteiger partial charge is 0.459 e. The second-order valence-electron chi connectivity index (χ2n) is 8.09. The van der Waals surface area contributed by atoms with Crippen molar-refractivity contribution in [2.24, 2.45) is 0 Å². The van der Waals surface area contributed by atoms with Gasteiger partial charge in [-0.2, -0.15) is 10.1 Å². The number of nitrogens with one attached hydrogen (secondary N) is 1. The topological polar surface area (TPSA) is 164 Å². The van der Waals surface area contributed by atoms with E-state index in [1.54, 1.807) is 51.1 Å². The highest BCUT2D eigenvalue weighted by Gasteiger charge is 2.34. The van der Waals surface area contributed by atoms with Crippen LogP contribution in [0.1, 0.15) is 40.8 Å². The van der Waals surface area contributed by atoms with Crippen LogP contribution < -0.4 is 21.0 Å². The van der Waals surface area contributed by atoms with Crippen LogP contribution in [0.2, 0.25) is 0 Å². The van der Waals surface area contributed by atoms with Crippen molar-refractivity contribution in [2.45, 2.75) is 65.2 Å². The molecule has 35 heavy (non-hydrogen) atoms. The number of nitrogens with two attached hydrogens (primary N) is 1. The Hall–Kier alpha value is -2.76. The van der Waals surface area contributed by atoms with Crippen LogP contribution in [0, 0.1) is 0 Å². The van der Waals surface area contributed by atoms with Crippen LogP contribution in [-0.2, 0) is 23.4 Å². The highest BCUT2D eigenvalue weighted by Crippen LogP contribution is 2.45. The van der Waals surface area contributed by atoms with Crippen LogP contribution in [-0.4, -0.2) is 51.6 Å². The first kappa shape index (κ1) is 28.5. The number of anilines is 1. The van der Waals surface area contributed by atoms with Gasteiger partial charge in [0.2, 0.25) is 0 Å². The van der Waals surface area contributed by atoms with Crippen molar-refractivity contribution < 1.29 is 33.0 Å². The van der Waals surface area contributed by atoms with Gasteiger partial charge in [-0.05, 0) is 52.8 Å². The zero-order valence-electron chi connectivity index (χ0n) is 20.4. The fraction of sp³-hybridized carbons (Fsp3) is 0.500. The number of carbonyl (C=O) groups excluding carboxylic acids is 1. The number of benzene rings is 1. The summed E-state index contributed by atoms with van der Waals surface area (Å²) in [5.41, 5.74) is 4.87. The molecule has 1 unspecified atom stereocenters. The SMILES string of the molecule is CC(C)OC(=O)[C@H](C)NP(=O)(OC[C@@H](O[C@H](C)n1ccc(N)nc1=O)[C@H](C)O)Oc1ccccc1. The van der Waals surface area contributed by atoms with E-state index in [9.17, 15) is 19.3 Å². The highest BCUT2D eigenvalue weighted by atomic mass is 31.2. The van der Waals surface area contributed by atoms with E-state index in [4.69, 9.17) is 24.3 Å². The van der Waals surface area contributed by atoms with E-state index in [0.29, 0.717) is 0 Å². The molecule has 2 aromatic rings. The molecule has 13 heteroatoms. The normalized spacial score (nSPS) is 16.7. The summed E-state index contributed by atoms with van der Waals surface area (Å²) >= 11 is 0. The molecule has 0 aliphatic rings. The van der Waals surface area contributed by atoms with Gasteiger partial charge in [0.05, 0.1) is 18.8 Å². The number of ether oxygens (including phenoxy) is 2. The molecule has 0 saturated carbocycles. The Balaban J connectivity index is 2.18. The molecular weight excluding hydrogens is 479 g/mol. The van der Waals surface area contributed by atoms with Crippen LogP contribution >= 0.6 is 7.75 Å². The summed E-state index contributed by atoms with van der Waals surface area (Å²) in [7, 11) is -4.16. The van der Waals surface area contributed by atoms with Gasteiger partial charge in [-0.25, -0.2) is 9.36 Å². The molecule has 4 N–H and O–H groups in total. The minimum atomic E-state index is -4.16. The van der Waals surface area contributed by atoms with Gasteiger partial charge in [0.1, 0.15) is 29.9 Å². The number of aliphatic hydroxyl groups excluding tert-OH is 1. The molecular formula is C22H33N4O8P. The van der Waals surface area contributed by atoms with Crippen molar-refractivity contribution in [2.75, 3.05) is 12.3 Å². The minimum absolute atomic E-state index is 0.0593. The van der Waals surface area contributed by atoms with Crippen molar-refractivity contribution >= 4 is 19.5 Å². The molecule has 2 rings (SSSR count). The molecule has 0 amide bonds. The van der Waals surface area contributed by atoms with E-state index in [-0.39, 0.29) is 17.7 Å². The quantitative estimate of drug-likeness (QED) is 0.266. The maximum absolute atomic E-state index is 13.6. The largest absolute Gasteiger partial charge is 0.462 e. The van der Waals surface area contributed by atoms with E-state index in [1.165, 1.54) is 30.7 Å². The maximum Gasteiger partial charge on any atom is 0.459 e. The van der Waals surface area contributed by atoms with Crippen LogP contribution in [0.5, 0.6) is 5.75 Å². The number of nitrogen functional groups attached to an aromatic ring is 1. The molecule has 194 valence electrons. The second kappa shape index (κ2) is 12.8. The van der Waals surface area contributed by atoms with Crippen LogP contribution in [0.3, 0.4) is 0 Å². The Bertz CT molecular complexity index is 1060. The van der Waals surface area contributed by atoms with E-state index >= 15 is 0 Å². The average molecular weight is 513 g/mol. The lowest BCUT2D eigenvalue weighted by Gasteiger charge is -2.28. The predicted molar refractivity (Wildman–Crippen MR) is 129 cm³/mol. The molecule has 0 saturated heterocycles. The molecule has 0 aliphatic heterocycles. The van der Waals surface area contributed by atoms with Gasteiger partial charge < -0.3 is 24.8 Å². The summed E-state index contributed by atoms with van der Waals surface area (Å²) in [4.78, 5) is 28.0. The number of para-hydroxylation sites is 1. The van der Waals surface area contributed by atoms with Crippen molar-refractivity contribution in [1.82, 2.24) is 14.6 Å². The number of rotatable bonds is 13. The first-order valence-corrected chi connectivity index (χ1v) is 12.6. The Morgan fingerprint density at radius 3 is 2.40 bits per heavy atom. The molecule has 0 bridgehead atoms. The third kappa shape index (κ3) is 9.08. The number of aliphatic hydroxyl groups is 1. The third-order valence-electron chi connectivity index (χ3n) is 4.59. The lowest BCUT2D eigenvalue weighted by molar-refractivity contribution is -0.149. The lowest BCUT2D eigenvalue weighted by atomic mass is 10.2. The summed E-state index contributed by atoms with van der Waals surface area (Å²) in [6.07, 6.45) is -1.93. The standard InChI is InChI=1S/C22H33N4O8P/c1-14(2)32-21(28)15(3)25-35(30,34-18-9-7-6-8-10-18)31-13-19(16(4)27)33-17(5)26-12-11-20(23)24-22(26)29/h6-12,14-17,19,27H,13H2,1-5H3,(H,25,30)(H2,23,24,29)/t15-,16-,17+,19+,35?/m0/s1. The zero-order chi connectivity index (χ0) is 26.2. The molecule has 0 radical (unpaired) electrons. The summed E-state index contributed by atoms with van der Waals surface area (Å²) in [5.74, 6) is -0.355. The highest BCUT2D eigenvalue weighted by molar-refractivity contribution is 7.52. The fourth-order valence-electron chi connectivity index (χ4n) is 2.82. The van der Waals surface area contributed by atoms with Gasteiger partial charge in [0, 0.05) is 6.20 Å². The van der Waals surface area contributed by atoms with Crippen molar-refractivity contribution in [3.05, 3.63) is 53.1 Å². The number of hydrogen-bond acceptors (Lipinski definition) is 10. The summed E-state index contributed by atoms with van der Waals surface area (Å²) in [6.45, 7) is 7.45. The Morgan fingerprint density at radius 2 is 1.83 bits per heavy atom. The van der Waals surface area contributed by atoms with E-state index in [0.717, 1.165) is 0 Å². The van der Waals surface area contributed by atoms with E-state index in [2.05, 4.69) is 10.1 Å². The number of nitrogens with zero attached hydrogens (tertiary/aromatic N) is 2. The van der Waals surface area contributed by atoms with Gasteiger partial charge in [-0.1, -0.05) is 18.2 Å². The molecule has 1 heterocycles. The molecule has 1 aromatic carbocycles. The van der Waals surface area contributed by atoms with Crippen molar-refractivity contribution in [3.8, 4) is 5.75 Å². The third-order valence-corrected chi connectivity index (χ3v) is 6.23. The molecule has 1 aromatic heterocycles. The van der Waals surface area contributed by atoms with E-state index < -0.39 is 50.5 Å². The molecule has 12 nitrogen and oxygen atoms in total. The van der Waals surface area contributed by atoms with Crippen molar-refractivity contribution in [1.29, 1.82) is 0 Å². The number of hydrogen-bond donors (Lipinski definition) is 3. The van der Waals surface area contributed by atoms with Gasteiger partial charge in [-0.15, -0.1) is 0 Å². The fourth-order valence-corrected chi connectivity index (χ4v) is 4.32. The van der Waals surface area contributed by atoms with Crippen molar-refractivity contribution in [3.63, 3.8) is 0 Å². The summed E-state index contributed by atoms with van der Waals surface area (Å²) in [5, 5.41) is 12.8. The lowest BCUT2D eigenvalue weighted by Crippen LogP contribution is -2.39. The molecule has 0 fully saturated rings. The van der Waals surface area contributed by atoms with Crippen LogP contribution in [0.25, 0.3) is 0 Å². The second-order valence-corrected chi connectivity index (χ2v) is 9.78. The average Bonchev–Trinajstić information content (AvgIpc) is 2.76. The van der Waals surface area contributed by atoms with Gasteiger partial charge in [-0.3, -0.25) is 13.9 Å². The molecule has 5 atom stereocenters.